The monoisotopic (exact) mass is 557 g/mol. The number of hydrogen-bond acceptors (Lipinski definition) is 6. The number of carbonyl (C=O) groups is 3. The molecule has 3 aromatic carbocycles. The van der Waals surface area contributed by atoms with Crippen molar-refractivity contribution >= 4 is 51.5 Å². The van der Waals surface area contributed by atoms with Crippen LogP contribution in [0.3, 0.4) is 0 Å². The van der Waals surface area contributed by atoms with Gasteiger partial charge in [0.2, 0.25) is 0 Å². The molecule has 0 radical (unpaired) electrons. The summed E-state index contributed by atoms with van der Waals surface area (Å²) in [6.45, 7) is 2.11. The molecule has 0 saturated heterocycles. The first-order valence-electron chi connectivity index (χ1n) is 10.5. The Labute approximate surface area is 215 Å². The first-order chi connectivity index (χ1) is 16.9. The minimum absolute atomic E-state index is 0.219. The molecular formula is C25H21BrClN3O5. The van der Waals surface area contributed by atoms with Crippen LogP contribution in [0.4, 0.5) is 0 Å². The zero-order valence-electron chi connectivity index (χ0n) is 18.6. The highest BCUT2D eigenvalue weighted by Gasteiger charge is 2.14. The lowest BCUT2D eigenvalue weighted by atomic mass is 10.2. The Morgan fingerprint density at radius 1 is 1.06 bits per heavy atom. The molecule has 0 aliphatic rings. The van der Waals surface area contributed by atoms with Crippen LogP contribution in [0.1, 0.15) is 33.2 Å². The van der Waals surface area contributed by atoms with E-state index in [1.807, 2.05) is 6.92 Å². The SMILES string of the molecule is CCOc1ccc(C(=O)NCC(=O)N/N=C/c2cc(Br)ccc2OC(=O)c2ccccc2Cl)cc1. The molecule has 2 amide bonds. The van der Waals surface area contributed by atoms with Gasteiger partial charge in [-0.2, -0.15) is 5.10 Å². The number of amides is 2. The summed E-state index contributed by atoms with van der Waals surface area (Å²) in [5.41, 5.74) is 3.36. The molecule has 0 heterocycles. The van der Waals surface area contributed by atoms with E-state index in [2.05, 4.69) is 31.8 Å². The summed E-state index contributed by atoms with van der Waals surface area (Å²) in [7, 11) is 0. The van der Waals surface area contributed by atoms with Crippen LogP contribution in [0.5, 0.6) is 11.5 Å². The molecule has 0 aliphatic carbocycles. The molecule has 0 fully saturated rings. The third-order valence-corrected chi connectivity index (χ3v) is 5.32. The van der Waals surface area contributed by atoms with E-state index in [-0.39, 0.29) is 22.9 Å². The van der Waals surface area contributed by atoms with Gasteiger partial charge in [-0.15, -0.1) is 0 Å². The van der Waals surface area contributed by atoms with Gasteiger partial charge in [0.05, 0.1) is 30.0 Å². The Balaban J connectivity index is 1.57. The molecule has 10 heteroatoms. The number of benzene rings is 3. The summed E-state index contributed by atoms with van der Waals surface area (Å²) in [6.07, 6.45) is 1.33. The van der Waals surface area contributed by atoms with Crippen LogP contribution >= 0.6 is 27.5 Å². The maximum atomic E-state index is 12.5. The molecule has 3 aromatic rings. The Hall–Kier alpha value is -3.69. The number of esters is 1. The lowest BCUT2D eigenvalue weighted by Gasteiger charge is -2.09. The van der Waals surface area contributed by atoms with Crippen LogP contribution in [-0.4, -0.2) is 37.1 Å². The number of ether oxygens (including phenoxy) is 2. The van der Waals surface area contributed by atoms with Gasteiger partial charge in [0.1, 0.15) is 11.5 Å². The molecule has 0 saturated carbocycles. The number of nitrogens with zero attached hydrogens (tertiary/aromatic N) is 1. The van der Waals surface area contributed by atoms with Crippen molar-refractivity contribution in [1.29, 1.82) is 0 Å². The highest BCUT2D eigenvalue weighted by atomic mass is 79.9. The van der Waals surface area contributed by atoms with Crippen LogP contribution in [0.2, 0.25) is 5.02 Å². The number of carbonyl (C=O) groups excluding carboxylic acids is 3. The second kappa shape index (κ2) is 12.7. The summed E-state index contributed by atoms with van der Waals surface area (Å²) in [5, 5.41) is 6.67. The van der Waals surface area contributed by atoms with Gasteiger partial charge in [0.15, 0.2) is 0 Å². The Kier molecular flexibility index (Phi) is 9.39. The van der Waals surface area contributed by atoms with E-state index in [4.69, 9.17) is 21.1 Å². The average Bonchev–Trinajstić information content (AvgIpc) is 2.85. The minimum atomic E-state index is -0.631. The lowest BCUT2D eigenvalue weighted by Crippen LogP contribution is -2.34. The third-order valence-electron chi connectivity index (χ3n) is 4.50. The second-order valence-corrected chi connectivity index (χ2v) is 8.31. The number of hydrogen-bond donors (Lipinski definition) is 2. The van der Waals surface area contributed by atoms with Crippen molar-refractivity contribution in [2.75, 3.05) is 13.2 Å². The van der Waals surface area contributed by atoms with Crippen molar-refractivity contribution in [1.82, 2.24) is 10.7 Å². The van der Waals surface area contributed by atoms with Gasteiger partial charge in [0.25, 0.3) is 11.8 Å². The van der Waals surface area contributed by atoms with Crippen molar-refractivity contribution in [2.45, 2.75) is 6.92 Å². The maximum Gasteiger partial charge on any atom is 0.345 e. The summed E-state index contributed by atoms with van der Waals surface area (Å²) in [4.78, 5) is 36.8. The predicted molar refractivity (Wildman–Crippen MR) is 136 cm³/mol. The molecule has 35 heavy (non-hydrogen) atoms. The number of nitrogens with one attached hydrogen (secondary N) is 2. The molecule has 0 unspecified atom stereocenters. The Morgan fingerprint density at radius 2 is 1.80 bits per heavy atom. The first-order valence-corrected chi connectivity index (χ1v) is 11.6. The number of halogens is 2. The predicted octanol–water partition coefficient (Wildman–Crippen LogP) is 4.60. The molecule has 2 N–H and O–H groups in total. The van der Waals surface area contributed by atoms with Gasteiger partial charge in [-0.05, 0) is 61.5 Å². The Bertz CT molecular complexity index is 1250. The second-order valence-electron chi connectivity index (χ2n) is 6.98. The summed E-state index contributed by atoms with van der Waals surface area (Å²) < 4.78 is 11.5. The topological polar surface area (TPSA) is 106 Å². The van der Waals surface area contributed by atoms with Crippen molar-refractivity contribution in [2.24, 2.45) is 5.10 Å². The largest absolute Gasteiger partial charge is 0.494 e. The normalized spacial score (nSPS) is 10.6. The first kappa shape index (κ1) is 25.9. The highest BCUT2D eigenvalue weighted by Crippen LogP contribution is 2.24. The standard InChI is InChI=1S/C25H21BrClN3O5/c1-2-34-19-10-7-16(8-11-19)24(32)28-15-23(31)30-29-14-17-13-18(26)9-12-22(17)35-25(33)20-5-3-4-6-21(20)27/h3-14H,2,15H2,1H3,(H,28,32)(H,30,31)/b29-14+. The molecule has 0 aliphatic heterocycles. The fourth-order valence-corrected chi connectivity index (χ4v) is 3.43. The lowest BCUT2D eigenvalue weighted by molar-refractivity contribution is -0.120. The van der Waals surface area contributed by atoms with E-state index < -0.39 is 17.8 Å². The van der Waals surface area contributed by atoms with Crippen LogP contribution in [0.15, 0.2) is 76.3 Å². The number of hydrazone groups is 1. The molecule has 0 spiro atoms. The molecule has 0 aromatic heterocycles. The summed E-state index contributed by atoms with van der Waals surface area (Å²) >= 11 is 9.41. The van der Waals surface area contributed by atoms with Gasteiger partial charge in [-0.25, -0.2) is 10.2 Å². The summed E-state index contributed by atoms with van der Waals surface area (Å²) in [6, 6.07) is 18.0. The van der Waals surface area contributed by atoms with Crippen LogP contribution in [-0.2, 0) is 4.79 Å². The molecule has 8 nitrogen and oxygen atoms in total. The van der Waals surface area contributed by atoms with E-state index in [1.54, 1.807) is 66.7 Å². The van der Waals surface area contributed by atoms with E-state index >= 15 is 0 Å². The van der Waals surface area contributed by atoms with Crippen LogP contribution in [0, 0.1) is 0 Å². The molecule has 180 valence electrons. The minimum Gasteiger partial charge on any atom is -0.494 e. The zero-order chi connectivity index (χ0) is 25.2. The van der Waals surface area contributed by atoms with Crippen LogP contribution < -0.4 is 20.2 Å². The molecule has 0 bridgehead atoms. The van der Waals surface area contributed by atoms with Gasteiger partial charge >= 0.3 is 5.97 Å². The van der Waals surface area contributed by atoms with Crippen molar-refractivity contribution in [3.05, 3.63) is 92.9 Å². The highest BCUT2D eigenvalue weighted by molar-refractivity contribution is 9.10. The fraction of sp³-hybridized carbons (Fsp3) is 0.120. The maximum absolute atomic E-state index is 12.5. The zero-order valence-corrected chi connectivity index (χ0v) is 20.9. The van der Waals surface area contributed by atoms with E-state index in [0.29, 0.717) is 28.0 Å². The average molecular weight is 559 g/mol. The molecule has 0 atom stereocenters. The molecule has 3 rings (SSSR count). The van der Waals surface area contributed by atoms with Gasteiger partial charge < -0.3 is 14.8 Å². The quantitative estimate of drug-likeness (QED) is 0.173. The van der Waals surface area contributed by atoms with Crippen molar-refractivity contribution in [3.8, 4) is 11.5 Å². The van der Waals surface area contributed by atoms with Crippen molar-refractivity contribution in [3.63, 3.8) is 0 Å². The van der Waals surface area contributed by atoms with E-state index in [1.165, 1.54) is 6.21 Å². The van der Waals surface area contributed by atoms with Gasteiger partial charge in [0, 0.05) is 15.6 Å². The Morgan fingerprint density at radius 3 is 2.51 bits per heavy atom. The third kappa shape index (κ3) is 7.66. The smallest absolute Gasteiger partial charge is 0.345 e. The van der Waals surface area contributed by atoms with Crippen LogP contribution in [0.25, 0.3) is 0 Å². The molecular weight excluding hydrogens is 538 g/mol. The number of rotatable bonds is 9. The van der Waals surface area contributed by atoms with E-state index in [9.17, 15) is 14.4 Å². The fourth-order valence-electron chi connectivity index (χ4n) is 2.84. The summed E-state index contributed by atoms with van der Waals surface area (Å²) in [5.74, 6) is -0.702. The van der Waals surface area contributed by atoms with Gasteiger partial charge in [-0.1, -0.05) is 39.7 Å². The van der Waals surface area contributed by atoms with E-state index in [0.717, 1.165) is 0 Å². The van der Waals surface area contributed by atoms with Gasteiger partial charge in [-0.3, -0.25) is 9.59 Å². The van der Waals surface area contributed by atoms with Crippen molar-refractivity contribution < 1.29 is 23.9 Å².